The molecule has 1 aromatic heterocycles. The summed E-state index contributed by atoms with van der Waals surface area (Å²) in [5.41, 5.74) is 0.741. The van der Waals surface area contributed by atoms with Gasteiger partial charge >= 0.3 is 17.9 Å². The van der Waals surface area contributed by atoms with Gasteiger partial charge in [0.05, 0.1) is 83.0 Å². The van der Waals surface area contributed by atoms with E-state index in [1.165, 1.54) is 17.2 Å². The maximum atomic E-state index is 13.6. The van der Waals surface area contributed by atoms with Gasteiger partial charge in [0, 0.05) is 95.9 Å². The first-order valence-corrected chi connectivity index (χ1v) is 29.9. The number of benzene rings is 1. The van der Waals surface area contributed by atoms with Crippen LogP contribution in [-0.2, 0) is 57.4 Å². The molecule has 0 spiro atoms. The highest BCUT2D eigenvalue weighted by Gasteiger charge is 2.30. The fraction of sp³-hybridized carbons (Fsp3) is 0.655. The molecule has 0 bridgehead atoms. The summed E-state index contributed by atoms with van der Waals surface area (Å²) in [7, 11) is 0. The number of amides is 7. The predicted octanol–water partition coefficient (Wildman–Crippen LogP) is -0.290. The Hall–Kier alpha value is -7.62. The number of carbonyl (C=O) groups is 10. The first-order valence-electron chi connectivity index (χ1n) is 29.9. The number of fused-ring (bicyclic) bond motifs is 1. The van der Waals surface area contributed by atoms with E-state index in [1.807, 2.05) is 11.8 Å². The van der Waals surface area contributed by atoms with Gasteiger partial charge in [-0.25, -0.2) is 4.79 Å². The third kappa shape index (κ3) is 29.6. The topological polar surface area (TPSA) is 390 Å². The van der Waals surface area contributed by atoms with Crippen molar-refractivity contribution >= 4 is 70.2 Å². The molecule has 29 nitrogen and oxygen atoms in total. The van der Waals surface area contributed by atoms with Crippen molar-refractivity contribution in [2.45, 2.75) is 109 Å². The Morgan fingerprint density at radius 3 is 1.85 bits per heavy atom. The average molecular weight is 1230 g/mol. The van der Waals surface area contributed by atoms with Crippen molar-refractivity contribution < 1.29 is 82.2 Å². The number of aromatic nitrogens is 1. The Morgan fingerprint density at radius 2 is 1.23 bits per heavy atom. The van der Waals surface area contributed by atoms with E-state index in [4.69, 9.17) is 18.9 Å². The van der Waals surface area contributed by atoms with Gasteiger partial charge in [-0.15, -0.1) is 0 Å². The van der Waals surface area contributed by atoms with E-state index in [1.54, 1.807) is 28.0 Å². The standard InChI is InChI=1S/C58H88N12O17/c1-2-3-4-13-49(71)61-18-8-6-12-47(58(82)83)66-57(81)46(11-5-7-19-62-51(73)38-67-23-25-68(39-54(76)77)27-28-69(26-24-67)40-55(78)79)65-50(72)17-29-84-31-33-86-34-32-85-30-21-63-52(74)41-87-43-14-15-44-45(16-20-60-48(44)35-43)56(80)64-37-53(75)70-22-9-10-42(70)36-59/h14-16,20,35,42,46-47H,2-13,17-19,21-34,37-41H2,1H3,(H,61,71)(H,62,73)(H,63,74)(H,64,80)(H,65,72)(H,66,81)(H,76,77)(H,78,79)(H,82,83)/t42-,46-,47-/m0/s1. The fourth-order valence-corrected chi connectivity index (χ4v) is 9.53. The van der Waals surface area contributed by atoms with E-state index in [-0.39, 0.29) is 123 Å². The Balaban J connectivity index is 1.13. The summed E-state index contributed by atoms with van der Waals surface area (Å²) in [5, 5.41) is 54.7. The Morgan fingerprint density at radius 1 is 0.632 bits per heavy atom. The molecule has 2 aliphatic rings. The number of rotatable bonds is 42. The second-order valence-electron chi connectivity index (χ2n) is 21.1. The number of carboxylic acids is 3. The van der Waals surface area contributed by atoms with Gasteiger partial charge in [0.2, 0.25) is 29.5 Å². The highest BCUT2D eigenvalue weighted by atomic mass is 16.5. The zero-order valence-electron chi connectivity index (χ0n) is 49.9. The molecular formula is C58H88N12O17. The van der Waals surface area contributed by atoms with E-state index in [0.717, 1.165) is 25.7 Å². The molecule has 0 saturated carbocycles. The van der Waals surface area contributed by atoms with Crippen molar-refractivity contribution in [1.82, 2.24) is 56.5 Å². The number of ether oxygens (including phenoxy) is 4. The molecule has 9 N–H and O–H groups in total. The molecule has 482 valence electrons. The number of carbonyl (C=O) groups excluding carboxylic acids is 7. The number of hydrogen-bond acceptors (Lipinski definition) is 19. The average Bonchev–Trinajstić information content (AvgIpc) is 2.03. The van der Waals surface area contributed by atoms with Gasteiger partial charge in [-0.3, -0.25) is 62.8 Å². The number of pyridine rings is 1. The van der Waals surface area contributed by atoms with Crippen LogP contribution in [0.25, 0.3) is 10.9 Å². The van der Waals surface area contributed by atoms with Crippen LogP contribution in [0.4, 0.5) is 0 Å². The second-order valence-corrected chi connectivity index (χ2v) is 21.1. The molecule has 7 amide bonds. The maximum absolute atomic E-state index is 13.6. The summed E-state index contributed by atoms with van der Waals surface area (Å²) >= 11 is 0. The van der Waals surface area contributed by atoms with Crippen LogP contribution >= 0.6 is 0 Å². The lowest BCUT2D eigenvalue weighted by molar-refractivity contribution is -0.142. The lowest BCUT2D eigenvalue weighted by Gasteiger charge is -2.24. The van der Waals surface area contributed by atoms with Crippen molar-refractivity contribution in [3.63, 3.8) is 0 Å². The third-order valence-electron chi connectivity index (χ3n) is 14.3. The Kier molecular flexibility index (Phi) is 34.3. The molecule has 4 rings (SSSR count). The molecule has 2 fully saturated rings. The van der Waals surface area contributed by atoms with E-state index in [2.05, 4.69) is 43.0 Å². The number of nitrogens with zero attached hydrogens (tertiary/aromatic N) is 6. The van der Waals surface area contributed by atoms with Crippen molar-refractivity contribution in [2.75, 3.05) is 138 Å². The highest BCUT2D eigenvalue weighted by molar-refractivity contribution is 6.07. The van der Waals surface area contributed by atoms with Gasteiger partial charge < -0.3 is 71.1 Å². The predicted molar refractivity (Wildman–Crippen MR) is 314 cm³/mol. The monoisotopic (exact) mass is 1220 g/mol. The van der Waals surface area contributed by atoms with Gasteiger partial charge in [0.15, 0.2) is 6.61 Å². The normalized spacial score (nSPS) is 15.6. The van der Waals surface area contributed by atoms with E-state index in [0.29, 0.717) is 113 Å². The first-order chi connectivity index (χ1) is 42.0. The van der Waals surface area contributed by atoms with Crippen molar-refractivity contribution in [1.29, 1.82) is 5.26 Å². The van der Waals surface area contributed by atoms with Gasteiger partial charge in [-0.05, 0) is 76.0 Å². The lowest BCUT2D eigenvalue weighted by Crippen LogP contribution is -2.51. The third-order valence-corrected chi connectivity index (χ3v) is 14.3. The summed E-state index contributed by atoms with van der Waals surface area (Å²) in [6.07, 6.45) is 7.66. The number of hydrogen-bond donors (Lipinski definition) is 9. The van der Waals surface area contributed by atoms with Gasteiger partial charge in [0.1, 0.15) is 23.9 Å². The number of aliphatic carboxylic acids is 3. The molecule has 87 heavy (non-hydrogen) atoms. The number of unbranched alkanes of at least 4 members (excludes halogenated alkanes) is 4. The highest BCUT2D eigenvalue weighted by Crippen LogP contribution is 2.23. The minimum absolute atomic E-state index is 0.0122. The summed E-state index contributed by atoms with van der Waals surface area (Å²) in [6, 6.07) is 5.62. The molecule has 2 aliphatic heterocycles. The van der Waals surface area contributed by atoms with Crippen LogP contribution in [0, 0.1) is 11.3 Å². The zero-order chi connectivity index (χ0) is 63.2. The van der Waals surface area contributed by atoms with Crippen molar-refractivity contribution in [3.05, 3.63) is 36.0 Å². The van der Waals surface area contributed by atoms with Gasteiger partial charge in [-0.1, -0.05) is 19.8 Å². The molecule has 1 aromatic carbocycles. The minimum atomic E-state index is -1.26. The maximum Gasteiger partial charge on any atom is 0.326 e. The van der Waals surface area contributed by atoms with Crippen LogP contribution in [0.2, 0.25) is 0 Å². The molecule has 2 saturated heterocycles. The second kappa shape index (κ2) is 41.5. The number of likely N-dealkylation sites (tertiary alicyclic amines) is 1. The molecule has 2 aromatic rings. The first kappa shape index (κ1) is 71.9. The number of nitriles is 1. The SMILES string of the molecule is CCCCCC(=O)NCCCC[C@H](NC(=O)[C@H](CCCCNC(=O)CN1CCN(CC(=O)O)CCN(CC(=O)O)CC1)NC(=O)CCOCCOCCOCCNC(=O)COc1ccc2c(C(=O)NCC(=O)N3CCC[C@H]3C#N)ccnc2c1)C(=O)O. The molecule has 3 heterocycles. The van der Waals surface area contributed by atoms with Crippen LogP contribution in [0.15, 0.2) is 30.5 Å². The van der Waals surface area contributed by atoms with Crippen LogP contribution < -0.4 is 36.6 Å². The molecule has 3 atom stereocenters. The van der Waals surface area contributed by atoms with Crippen LogP contribution in [0.3, 0.4) is 0 Å². The summed E-state index contributed by atoms with van der Waals surface area (Å²) in [6.45, 7) is 5.46. The van der Waals surface area contributed by atoms with E-state index < -0.39 is 59.7 Å². The lowest BCUT2D eigenvalue weighted by atomic mass is 10.1. The van der Waals surface area contributed by atoms with Crippen LogP contribution in [0.5, 0.6) is 5.75 Å². The molecule has 0 aliphatic carbocycles. The molecule has 29 heteroatoms. The van der Waals surface area contributed by atoms with Crippen LogP contribution in [0.1, 0.15) is 101 Å². The summed E-state index contributed by atoms with van der Waals surface area (Å²) in [5.74, 6) is -5.73. The Labute approximate surface area is 506 Å². The van der Waals surface area contributed by atoms with Crippen molar-refractivity contribution in [2.24, 2.45) is 0 Å². The molecule has 0 unspecified atom stereocenters. The largest absolute Gasteiger partial charge is 0.484 e. The number of carboxylic acid groups (broad SMARTS) is 3. The Bertz CT molecular complexity index is 2560. The quantitative estimate of drug-likeness (QED) is 0.0386. The van der Waals surface area contributed by atoms with E-state index in [9.17, 15) is 68.5 Å². The number of nitrogens with one attached hydrogen (secondary N) is 6. The zero-order valence-corrected chi connectivity index (χ0v) is 49.9. The van der Waals surface area contributed by atoms with Gasteiger partial charge in [-0.2, -0.15) is 5.26 Å². The van der Waals surface area contributed by atoms with Crippen LogP contribution in [-0.4, -0.2) is 255 Å². The van der Waals surface area contributed by atoms with Crippen molar-refractivity contribution in [3.8, 4) is 11.8 Å². The summed E-state index contributed by atoms with van der Waals surface area (Å²) in [4.78, 5) is 136. The smallest absolute Gasteiger partial charge is 0.326 e. The molecule has 0 radical (unpaired) electrons. The summed E-state index contributed by atoms with van der Waals surface area (Å²) < 4.78 is 22.3. The fourth-order valence-electron chi connectivity index (χ4n) is 9.53. The molecular weight excluding hydrogens is 1140 g/mol. The van der Waals surface area contributed by atoms with Gasteiger partial charge in [0.25, 0.3) is 11.8 Å². The minimum Gasteiger partial charge on any atom is -0.484 e. The van der Waals surface area contributed by atoms with E-state index >= 15 is 0 Å².